The molecule has 1 saturated heterocycles. The van der Waals surface area contributed by atoms with E-state index >= 15 is 0 Å². The van der Waals surface area contributed by atoms with Gasteiger partial charge in [0.05, 0.1) is 19.5 Å². The van der Waals surface area contributed by atoms with Gasteiger partial charge in [0.25, 0.3) is 0 Å². The summed E-state index contributed by atoms with van der Waals surface area (Å²) < 4.78 is 11.2. The van der Waals surface area contributed by atoms with Crippen LogP contribution in [0.2, 0.25) is 0 Å². The second kappa shape index (κ2) is 6.95. The minimum Gasteiger partial charge on any atom is -0.469 e. The van der Waals surface area contributed by atoms with Crippen LogP contribution in [0.15, 0.2) is 22.8 Å². The Morgan fingerprint density at radius 2 is 2.05 bits per heavy atom. The molecule has 1 aromatic heterocycles. The number of ether oxygens (including phenoxy) is 1. The van der Waals surface area contributed by atoms with Crippen LogP contribution in [0.4, 0.5) is 0 Å². The van der Waals surface area contributed by atoms with E-state index in [9.17, 15) is 0 Å². The van der Waals surface area contributed by atoms with E-state index in [1.54, 1.807) is 6.26 Å². The summed E-state index contributed by atoms with van der Waals surface area (Å²) in [6.07, 6.45) is 8.05. The fourth-order valence-electron chi connectivity index (χ4n) is 4.21. The molecule has 0 radical (unpaired) electrons. The fourth-order valence-corrected chi connectivity index (χ4v) is 4.21. The first kappa shape index (κ1) is 15.1. The molecule has 1 aromatic rings. The Kier molecular flexibility index (Phi) is 4.99. The molecule has 2 heterocycles. The second-order valence-electron chi connectivity index (χ2n) is 6.30. The first-order chi connectivity index (χ1) is 10.3. The van der Waals surface area contributed by atoms with Crippen LogP contribution in [-0.4, -0.2) is 49.3 Å². The summed E-state index contributed by atoms with van der Waals surface area (Å²) in [4.78, 5) is 2.69. The van der Waals surface area contributed by atoms with Crippen LogP contribution < -0.4 is 5.32 Å². The van der Waals surface area contributed by atoms with Crippen molar-refractivity contribution in [3.05, 3.63) is 24.2 Å². The van der Waals surface area contributed by atoms with E-state index in [0.717, 1.165) is 45.0 Å². The first-order valence-corrected chi connectivity index (χ1v) is 8.44. The molecule has 4 heteroatoms. The Morgan fingerprint density at radius 1 is 1.29 bits per heavy atom. The van der Waals surface area contributed by atoms with Gasteiger partial charge in [-0.05, 0) is 31.5 Å². The first-order valence-electron chi connectivity index (χ1n) is 8.44. The van der Waals surface area contributed by atoms with Crippen LogP contribution in [0, 0.1) is 0 Å². The summed E-state index contributed by atoms with van der Waals surface area (Å²) in [5, 5.41) is 3.76. The van der Waals surface area contributed by atoms with Gasteiger partial charge in [-0.3, -0.25) is 4.90 Å². The molecule has 1 aliphatic heterocycles. The summed E-state index contributed by atoms with van der Waals surface area (Å²) in [7, 11) is 0. The lowest BCUT2D eigenvalue weighted by Crippen LogP contribution is -2.63. The quantitative estimate of drug-likeness (QED) is 0.874. The van der Waals surface area contributed by atoms with Gasteiger partial charge in [-0.1, -0.05) is 19.8 Å². The minimum absolute atomic E-state index is 0.284. The van der Waals surface area contributed by atoms with E-state index in [1.165, 1.54) is 25.7 Å². The van der Waals surface area contributed by atoms with Crippen LogP contribution in [0.3, 0.4) is 0 Å². The Balaban J connectivity index is 1.81. The third-order valence-corrected chi connectivity index (χ3v) is 5.19. The van der Waals surface area contributed by atoms with E-state index in [0.29, 0.717) is 6.04 Å². The molecule has 3 rings (SSSR count). The van der Waals surface area contributed by atoms with Gasteiger partial charge in [0, 0.05) is 31.1 Å². The van der Waals surface area contributed by atoms with E-state index in [1.807, 2.05) is 6.07 Å². The second-order valence-corrected chi connectivity index (χ2v) is 6.30. The lowest BCUT2D eigenvalue weighted by Gasteiger charge is -2.48. The molecule has 1 saturated carbocycles. The van der Waals surface area contributed by atoms with E-state index in [-0.39, 0.29) is 5.54 Å². The Morgan fingerprint density at radius 3 is 2.67 bits per heavy atom. The number of hydrogen-bond donors (Lipinski definition) is 1. The van der Waals surface area contributed by atoms with Gasteiger partial charge in [0.1, 0.15) is 5.76 Å². The lowest BCUT2D eigenvalue weighted by atomic mass is 9.83. The number of hydrogen-bond acceptors (Lipinski definition) is 4. The molecule has 2 fully saturated rings. The fraction of sp³-hybridized carbons (Fsp3) is 0.765. The molecule has 1 unspecified atom stereocenters. The normalized spacial score (nSPS) is 24.2. The number of nitrogens with one attached hydrogen (secondary N) is 1. The molecule has 1 N–H and O–H groups in total. The van der Waals surface area contributed by atoms with Crippen molar-refractivity contribution in [2.24, 2.45) is 0 Å². The van der Waals surface area contributed by atoms with E-state index < -0.39 is 0 Å². The summed E-state index contributed by atoms with van der Waals surface area (Å²) in [5.41, 5.74) is 0.284. The van der Waals surface area contributed by atoms with Gasteiger partial charge in [-0.2, -0.15) is 0 Å². The molecule has 2 aliphatic rings. The van der Waals surface area contributed by atoms with Crippen molar-refractivity contribution in [2.75, 3.05) is 32.8 Å². The zero-order valence-electron chi connectivity index (χ0n) is 13.1. The Labute approximate surface area is 127 Å². The van der Waals surface area contributed by atoms with Gasteiger partial charge in [0.2, 0.25) is 0 Å². The molecule has 0 amide bonds. The van der Waals surface area contributed by atoms with Crippen molar-refractivity contribution in [3.63, 3.8) is 0 Å². The largest absolute Gasteiger partial charge is 0.469 e. The van der Waals surface area contributed by atoms with Crippen molar-refractivity contribution >= 4 is 0 Å². The maximum Gasteiger partial charge on any atom is 0.105 e. The third-order valence-electron chi connectivity index (χ3n) is 5.19. The molecular weight excluding hydrogens is 264 g/mol. The average molecular weight is 292 g/mol. The molecular formula is C17H28N2O2. The summed E-state index contributed by atoms with van der Waals surface area (Å²) in [6.45, 7) is 7.11. The monoisotopic (exact) mass is 292 g/mol. The van der Waals surface area contributed by atoms with Crippen molar-refractivity contribution in [1.29, 1.82) is 0 Å². The summed E-state index contributed by atoms with van der Waals surface area (Å²) >= 11 is 0. The van der Waals surface area contributed by atoms with Gasteiger partial charge >= 0.3 is 0 Å². The standard InChI is InChI=1S/C17H28N2O2/c1-2-18-16(14-15-6-5-11-21-15)17(7-3-4-8-17)19-9-12-20-13-10-19/h5-6,11,16,18H,2-4,7-10,12-14H2,1H3. The van der Waals surface area contributed by atoms with Crippen molar-refractivity contribution in [3.8, 4) is 0 Å². The zero-order valence-corrected chi connectivity index (χ0v) is 13.1. The third kappa shape index (κ3) is 3.17. The highest BCUT2D eigenvalue weighted by Crippen LogP contribution is 2.39. The Bertz CT molecular complexity index is 406. The molecule has 118 valence electrons. The number of likely N-dealkylation sites (N-methyl/N-ethyl adjacent to an activating group) is 1. The maximum absolute atomic E-state index is 5.62. The smallest absolute Gasteiger partial charge is 0.105 e. The van der Waals surface area contributed by atoms with Crippen molar-refractivity contribution in [1.82, 2.24) is 10.2 Å². The lowest BCUT2D eigenvalue weighted by molar-refractivity contribution is -0.0360. The molecule has 21 heavy (non-hydrogen) atoms. The molecule has 4 nitrogen and oxygen atoms in total. The average Bonchev–Trinajstić information content (AvgIpc) is 3.20. The predicted molar refractivity (Wildman–Crippen MR) is 83.5 cm³/mol. The number of rotatable bonds is 6. The highest BCUT2D eigenvalue weighted by atomic mass is 16.5. The highest BCUT2D eigenvalue weighted by molar-refractivity contribution is 5.10. The van der Waals surface area contributed by atoms with E-state index in [4.69, 9.17) is 9.15 Å². The molecule has 0 aromatic carbocycles. The van der Waals surface area contributed by atoms with Gasteiger partial charge in [-0.15, -0.1) is 0 Å². The van der Waals surface area contributed by atoms with Gasteiger partial charge in [0.15, 0.2) is 0 Å². The Hall–Kier alpha value is -0.840. The molecule has 0 bridgehead atoms. The van der Waals surface area contributed by atoms with Gasteiger partial charge in [-0.25, -0.2) is 0 Å². The van der Waals surface area contributed by atoms with Crippen molar-refractivity contribution < 1.29 is 9.15 Å². The number of morpholine rings is 1. The van der Waals surface area contributed by atoms with Crippen molar-refractivity contribution in [2.45, 2.75) is 50.6 Å². The SMILES string of the molecule is CCNC(Cc1ccco1)C1(N2CCOCC2)CCCC1. The van der Waals surface area contributed by atoms with Crippen LogP contribution in [0.25, 0.3) is 0 Å². The number of nitrogens with zero attached hydrogens (tertiary/aromatic N) is 1. The predicted octanol–water partition coefficient (Wildman–Crippen LogP) is 2.45. The van der Waals surface area contributed by atoms with Gasteiger partial charge < -0.3 is 14.5 Å². The van der Waals surface area contributed by atoms with Crippen LogP contribution in [0.1, 0.15) is 38.4 Å². The molecule has 1 atom stereocenters. The number of furan rings is 1. The highest BCUT2D eigenvalue weighted by Gasteiger charge is 2.46. The maximum atomic E-state index is 5.62. The topological polar surface area (TPSA) is 37.6 Å². The molecule has 0 spiro atoms. The zero-order chi connectivity index (χ0) is 14.5. The summed E-state index contributed by atoms with van der Waals surface area (Å²) in [6, 6.07) is 4.56. The minimum atomic E-state index is 0.284. The van der Waals surface area contributed by atoms with Crippen LogP contribution >= 0.6 is 0 Å². The van der Waals surface area contributed by atoms with Crippen LogP contribution in [0.5, 0.6) is 0 Å². The molecule has 1 aliphatic carbocycles. The van der Waals surface area contributed by atoms with Crippen LogP contribution in [-0.2, 0) is 11.2 Å². The van der Waals surface area contributed by atoms with E-state index in [2.05, 4.69) is 23.2 Å². The summed E-state index contributed by atoms with van der Waals surface area (Å²) in [5.74, 6) is 1.10.